The van der Waals surface area contributed by atoms with Crippen molar-refractivity contribution in [2.45, 2.75) is 37.9 Å². The highest BCUT2D eigenvalue weighted by molar-refractivity contribution is 7.89. The molecule has 2 aromatic carbocycles. The van der Waals surface area contributed by atoms with Crippen molar-refractivity contribution in [3.63, 3.8) is 0 Å². The van der Waals surface area contributed by atoms with Crippen molar-refractivity contribution in [3.05, 3.63) is 59.7 Å². The third-order valence-electron chi connectivity index (χ3n) is 4.67. The number of nitrogens with zero attached hydrogens (tertiary/aromatic N) is 1. The summed E-state index contributed by atoms with van der Waals surface area (Å²) in [6.45, 7) is 5.67. The van der Waals surface area contributed by atoms with Crippen LogP contribution in [0.15, 0.2) is 53.4 Å². The lowest BCUT2D eigenvalue weighted by Gasteiger charge is -2.34. The van der Waals surface area contributed by atoms with Gasteiger partial charge in [0.2, 0.25) is 10.0 Å². The summed E-state index contributed by atoms with van der Waals surface area (Å²) < 4.78 is 33.0. The van der Waals surface area contributed by atoms with Crippen molar-refractivity contribution in [1.29, 1.82) is 0 Å². The molecule has 2 aromatic rings. The molecule has 0 aliphatic carbocycles. The van der Waals surface area contributed by atoms with Gasteiger partial charge >= 0.3 is 0 Å². The molecule has 0 aromatic heterocycles. The number of hydrogen-bond acceptors (Lipinski definition) is 5. The minimum atomic E-state index is -3.74. The lowest BCUT2D eigenvalue weighted by atomic mass is 10.1. The largest absolute Gasteiger partial charge is 0.373 e. The standard InChI is InChI=1S/C21H24N2O5S/c1-14-12-23(13-15(2)28-14)29(26,27)20-6-4-5-18(11-20)21(25)22-19-9-7-17(8-10-19)16(3)24/h4-11,14-15H,12-13H2,1-3H3,(H,22,25). The van der Waals surface area contributed by atoms with Crippen LogP contribution in [0.5, 0.6) is 0 Å². The number of ether oxygens (including phenoxy) is 1. The van der Waals surface area contributed by atoms with Gasteiger partial charge in [0.25, 0.3) is 5.91 Å². The Balaban J connectivity index is 1.79. The summed E-state index contributed by atoms with van der Waals surface area (Å²) in [5.41, 5.74) is 1.30. The molecule has 8 heteroatoms. The Morgan fingerprint density at radius 1 is 1.00 bits per heavy atom. The average molecular weight is 416 g/mol. The maximum atomic E-state index is 13.0. The first kappa shape index (κ1) is 21.2. The van der Waals surface area contributed by atoms with Gasteiger partial charge in [0, 0.05) is 29.9 Å². The second-order valence-corrected chi connectivity index (χ2v) is 9.13. The van der Waals surface area contributed by atoms with E-state index in [0.717, 1.165) is 0 Å². The van der Waals surface area contributed by atoms with Crippen molar-refractivity contribution in [2.75, 3.05) is 18.4 Å². The smallest absolute Gasteiger partial charge is 0.255 e. The highest BCUT2D eigenvalue weighted by atomic mass is 32.2. The predicted octanol–water partition coefficient (Wildman–Crippen LogP) is 2.94. The Bertz CT molecular complexity index is 1010. The number of benzene rings is 2. The SMILES string of the molecule is CC(=O)c1ccc(NC(=O)c2cccc(S(=O)(=O)N3CC(C)OC(C)C3)c2)cc1. The van der Waals surface area contributed by atoms with Gasteiger partial charge in [0.05, 0.1) is 17.1 Å². The van der Waals surface area contributed by atoms with E-state index in [1.54, 1.807) is 36.4 Å². The molecule has 2 atom stereocenters. The number of rotatable bonds is 5. The van der Waals surface area contributed by atoms with Gasteiger partial charge in [-0.15, -0.1) is 0 Å². The summed E-state index contributed by atoms with van der Waals surface area (Å²) in [6, 6.07) is 12.5. The van der Waals surface area contributed by atoms with E-state index < -0.39 is 15.9 Å². The molecule has 1 aliphatic heterocycles. The molecule has 0 bridgehead atoms. The third-order valence-corrected chi connectivity index (χ3v) is 6.50. The van der Waals surface area contributed by atoms with Gasteiger partial charge in [-0.3, -0.25) is 9.59 Å². The quantitative estimate of drug-likeness (QED) is 0.757. The second kappa shape index (κ2) is 8.44. The van der Waals surface area contributed by atoms with E-state index >= 15 is 0 Å². The summed E-state index contributed by atoms with van der Waals surface area (Å²) in [4.78, 5) is 24.0. The van der Waals surface area contributed by atoms with Gasteiger partial charge in [-0.2, -0.15) is 4.31 Å². The zero-order valence-electron chi connectivity index (χ0n) is 16.6. The molecule has 1 fully saturated rings. The summed E-state index contributed by atoms with van der Waals surface area (Å²) in [5, 5.41) is 2.72. The minimum Gasteiger partial charge on any atom is -0.373 e. The third kappa shape index (κ3) is 4.90. The first-order valence-electron chi connectivity index (χ1n) is 9.35. The summed E-state index contributed by atoms with van der Waals surface area (Å²) in [6.07, 6.45) is -0.393. The van der Waals surface area contributed by atoms with Crippen LogP contribution >= 0.6 is 0 Å². The number of carbonyl (C=O) groups excluding carboxylic acids is 2. The van der Waals surface area contributed by atoms with Gasteiger partial charge in [-0.05, 0) is 63.2 Å². The highest BCUT2D eigenvalue weighted by Gasteiger charge is 2.32. The molecule has 1 heterocycles. The molecule has 2 unspecified atom stereocenters. The molecule has 1 saturated heterocycles. The van der Waals surface area contributed by atoms with Crippen LogP contribution in [0.1, 0.15) is 41.5 Å². The molecule has 0 spiro atoms. The number of amides is 1. The van der Waals surface area contributed by atoms with Crippen molar-refractivity contribution < 1.29 is 22.7 Å². The summed E-state index contributed by atoms with van der Waals surface area (Å²) >= 11 is 0. The Morgan fingerprint density at radius 3 is 2.21 bits per heavy atom. The molecule has 0 radical (unpaired) electrons. The fourth-order valence-electron chi connectivity index (χ4n) is 3.27. The minimum absolute atomic E-state index is 0.0625. The fourth-order valence-corrected chi connectivity index (χ4v) is 4.90. The van der Waals surface area contributed by atoms with Crippen LogP contribution in [-0.4, -0.2) is 49.7 Å². The predicted molar refractivity (Wildman–Crippen MR) is 110 cm³/mol. The maximum absolute atomic E-state index is 13.0. The normalized spacial score (nSPS) is 20.2. The lowest BCUT2D eigenvalue weighted by Crippen LogP contribution is -2.48. The number of Topliss-reactive ketones (excluding diaryl/α,β-unsaturated/α-hetero) is 1. The zero-order valence-corrected chi connectivity index (χ0v) is 17.4. The molecule has 7 nitrogen and oxygen atoms in total. The monoisotopic (exact) mass is 416 g/mol. The highest BCUT2D eigenvalue weighted by Crippen LogP contribution is 2.22. The Morgan fingerprint density at radius 2 is 1.62 bits per heavy atom. The molecule has 1 N–H and O–H groups in total. The first-order chi connectivity index (χ1) is 13.7. The van der Waals surface area contributed by atoms with Crippen LogP contribution in [0.3, 0.4) is 0 Å². The van der Waals surface area contributed by atoms with Crippen LogP contribution in [0, 0.1) is 0 Å². The number of carbonyl (C=O) groups is 2. The van der Waals surface area contributed by atoms with Crippen LogP contribution in [0.2, 0.25) is 0 Å². The van der Waals surface area contributed by atoms with Crippen LogP contribution in [0.4, 0.5) is 5.69 Å². The molecule has 1 aliphatic rings. The molecule has 154 valence electrons. The topological polar surface area (TPSA) is 92.8 Å². The number of nitrogens with one attached hydrogen (secondary N) is 1. The van der Waals surface area contributed by atoms with Crippen molar-refractivity contribution >= 4 is 27.4 Å². The maximum Gasteiger partial charge on any atom is 0.255 e. The van der Waals surface area contributed by atoms with Crippen LogP contribution in [-0.2, 0) is 14.8 Å². The first-order valence-corrected chi connectivity index (χ1v) is 10.8. The van der Waals surface area contributed by atoms with E-state index in [1.165, 1.54) is 23.4 Å². The van der Waals surface area contributed by atoms with E-state index in [0.29, 0.717) is 11.3 Å². The lowest BCUT2D eigenvalue weighted by molar-refractivity contribution is -0.0440. The number of ketones is 1. The van der Waals surface area contributed by atoms with Crippen molar-refractivity contribution in [1.82, 2.24) is 4.31 Å². The number of sulfonamides is 1. The van der Waals surface area contributed by atoms with E-state index in [9.17, 15) is 18.0 Å². The molecular formula is C21H24N2O5S. The Labute approximate surface area is 170 Å². The second-order valence-electron chi connectivity index (χ2n) is 7.19. The molecule has 1 amide bonds. The Hall–Kier alpha value is -2.55. The molecule has 0 saturated carbocycles. The average Bonchev–Trinajstić information content (AvgIpc) is 2.67. The van der Waals surface area contributed by atoms with E-state index in [1.807, 2.05) is 13.8 Å². The molecular weight excluding hydrogens is 392 g/mol. The van der Waals surface area contributed by atoms with Crippen molar-refractivity contribution in [2.24, 2.45) is 0 Å². The number of hydrogen-bond donors (Lipinski definition) is 1. The summed E-state index contributed by atoms with van der Waals surface area (Å²) in [5.74, 6) is -0.492. The van der Waals surface area contributed by atoms with Gasteiger partial charge < -0.3 is 10.1 Å². The van der Waals surface area contributed by atoms with Gasteiger partial charge in [0.15, 0.2) is 5.78 Å². The van der Waals surface area contributed by atoms with Crippen molar-refractivity contribution in [3.8, 4) is 0 Å². The number of anilines is 1. The van der Waals surface area contributed by atoms with Gasteiger partial charge in [-0.1, -0.05) is 6.07 Å². The number of morpholine rings is 1. The van der Waals surface area contributed by atoms with Crippen LogP contribution < -0.4 is 5.32 Å². The zero-order chi connectivity index (χ0) is 21.2. The fraction of sp³-hybridized carbons (Fsp3) is 0.333. The Kier molecular flexibility index (Phi) is 6.16. The van der Waals surface area contributed by atoms with Gasteiger partial charge in [-0.25, -0.2) is 8.42 Å². The van der Waals surface area contributed by atoms with E-state index in [2.05, 4.69) is 5.32 Å². The molecule has 3 rings (SSSR count). The molecule has 29 heavy (non-hydrogen) atoms. The van der Waals surface area contributed by atoms with E-state index in [-0.39, 0.29) is 41.5 Å². The van der Waals surface area contributed by atoms with Gasteiger partial charge in [0.1, 0.15) is 0 Å². The van der Waals surface area contributed by atoms with Crippen LogP contribution in [0.25, 0.3) is 0 Å². The van der Waals surface area contributed by atoms with E-state index in [4.69, 9.17) is 4.74 Å². The summed E-state index contributed by atoms with van der Waals surface area (Å²) in [7, 11) is -3.74.